The molecule has 3 aromatic rings. The van der Waals surface area contributed by atoms with Crippen LogP contribution in [-0.4, -0.2) is 29.5 Å². The van der Waals surface area contributed by atoms with Crippen LogP contribution in [-0.2, 0) is 6.42 Å². The van der Waals surface area contributed by atoms with Crippen LogP contribution in [0, 0.1) is 0 Å². The molecule has 3 rings (SSSR count). The summed E-state index contributed by atoms with van der Waals surface area (Å²) in [6.45, 7) is 0.575. The third-order valence-corrected chi connectivity index (χ3v) is 3.75. The van der Waals surface area contributed by atoms with Gasteiger partial charge in [-0.2, -0.15) is 0 Å². The van der Waals surface area contributed by atoms with Gasteiger partial charge in [0, 0.05) is 30.1 Å². The van der Waals surface area contributed by atoms with Crippen LogP contribution in [0.1, 0.15) is 15.9 Å². The zero-order chi connectivity index (χ0) is 16.8. The maximum atomic E-state index is 12.2. The smallest absolute Gasteiger partial charge is 0.251 e. The first-order chi connectivity index (χ1) is 11.8. The maximum absolute atomic E-state index is 12.2. The maximum Gasteiger partial charge on any atom is 0.251 e. The second-order valence-electron chi connectivity index (χ2n) is 5.37. The number of methoxy groups -OCH3 is 1. The summed E-state index contributed by atoms with van der Waals surface area (Å²) < 4.78 is 5.20. The molecule has 1 aromatic heterocycles. The van der Waals surface area contributed by atoms with Gasteiger partial charge in [-0.05, 0) is 36.2 Å². The van der Waals surface area contributed by atoms with Crippen molar-refractivity contribution in [1.82, 2.24) is 15.3 Å². The fourth-order valence-corrected chi connectivity index (χ4v) is 2.45. The molecular weight excluding hydrogens is 302 g/mol. The summed E-state index contributed by atoms with van der Waals surface area (Å²) in [5, 5.41) is 2.94. The summed E-state index contributed by atoms with van der Waals surface area (Å²) in [4.78, 5) is 19.4. The summed E-state index contributed by atoms with van der Waals surface area (Å²) in [5.41, 5.74) is 2.71. The van der Waals surface area contributed by atoms with Crippen LogP contribution in [0.25, 0.3) is 11.4 Å². The lowest BCUT2D eigenvalue weighted by Gasteiger charge is -2.07. The molecule has 0 saturated carbocycles. The van der Waals surface area contributed by atoms with E-state index in [-0.39, 0.29) is 5.91 Å². The second kappa shape index (κ2) is 7.46. The van der Waals surface area contributed by atoms with E-state index in [9.17, 15) is 4.79 Å². The highest BCUT2D eigenvalue weighted by Gasteiger charge is 2.06. The molecule has 0 fully saturated rings. The number of H-pyrrole nitrogens is 1. The summed E-state index contributed by atoms with van der Waals surface area (Å²) in [5.74, 6) is 1.54. The number of amides is 1. The van der Waals surface area contributed by atoms with Crippen molar-refractivity contribution in [3.8, 4) is 17.1 Å². The van der Waals surface area contributed by atoms with Crippen molar-refractivity contribution in [3.63, 3.8) is 0 Å². The van der Waals surface area contributed by atoms with E-state index in [0.717, 1.165) is 29.1 Å². The molecule has 5 nitrogen and oxygen atoms in total. The van der Waals surface area contributed by atoms with Gasteiger partial charge in [-0.3, -0.25) is 4.79 Å². The van der Waals surface area contributed by atoms with Crippen molar-refractivity contribution >= 4 is 5.91 Å². The number of nitrogens with one attached hydrogen (secondary N) is 2. The fourth-order valence-electron chi connectivity index (χ4n) is 2.45. The van der Waals surface area contributed by atoms with Crippen LogP contribution in [0.3, 0.4) is 0 Å². The van der Waals surface area contributed by atoms with Gasteiger partial charge in [0.2, 0.25) is 0 Å². The highest BCUT2D eigenvalue weighted by atomic mass is 16.5. The Labute approximate surface area is 140 Å². The van der Waals surface area contributed by atoms with Gasteiger partial charge in [-0.1, -0.05) is 24.3 Å². The van der Waals surface area contributed by atoms with E-state index in [1.54, 1.807) is 31.6 Å². The highest BCUT2D eigenvalue weighted by molar-refractivity contribution is 5.94. The van der Waals surface area contributed by atoms with Crippen molar-refractivity contribution in [1.29, 1.82) is 0 Å². The molecule has 0 radical (unpaired) electrons. The Kier molecular flexibility index (Phi) is 4.91. The van der Waals surface area contributed by atoms with Gasteiger partial charge in [0.25, 0.3) is 5.91 Å². The summed E-state index contributed by atoms with van der Waals surface area (Å²) in [6, 6.07) is 15.2. The SMILES string of the molecule is COc1cccc(CCNC(=O)c2ccc(-c3ncc[nH]3)cc2)c1. The van der Waals surface area contributed by atoms with Crippen LogP contribution >= 0.6 is 0 Å². The van der Waals surface area contributed by atoms with E-state index in [1.807, 2.05) is 36.4 Å². The first-order valence-corrected chi connectivity index (χ1v) is 7.77. The number of nitrogens with zero attached hydrogens (tertiary/aromatic N) is 1. The predicted molar refractivity (Wildman–Crippen MR) is 93.1 cm³/mol. The zero-order valence-electron chi connectivity index (χ0n) is 13.5. The van der Waals surface area contributed by atoms with Gasteiger partial charge < -0.3 is 15.0 Å². The third-order valence-electron chi connectivity index (χ3n) is 3.75. The molecule has 1 heterocycles. The number of hydrogen-bond acceptors (Lipinski definition) is 3. The van der Waals surface area contributed by atoms with E-state index in [2.05, 4.69) is 15.3 Å². The molecule has 0 aliphatic heterocycles. The molecule has 0 saturated heterocycles. The van der Waals surface area contributed by atoms with Crippen LogP contribution in [0.15, 0.2) is 60.9 Å². The topological polar surface area (TPSA) is 67.0 Å². The Morgan fingerprint density at radius 3 is 2.75 bits per heavy atom. The number of imidazole rings is 1. The monoisotopic (exact) mass is 321 g/mol. The molecule has 5 heteroatoms. The average Bonchev–Trinajstić information content (AvgIpc) is 3.16. The number of carbonyl (C=O) groups is 1. The fraction of sp³-hybridized carbons (Fsp3) is 0.158. The summed E-state index contributed by atoms with van der Waals surface area (Å²) >= 11 is 0. The van der Waals surface area contributed by atoms with Gasteiger partial charge in [0.15, 0.2) is 0 Å². The normalized spacial score (nSPS) is 10.4. The first-order valence-electron chi connectivity index (χ1n) is 7.77. The Balaban J connectivity index is 1.55. The minimum atomic E-state index is -0.0797. The van der Waals surface area contributed by atoms with Crippen molar-refractivity contribution in [2.24, 2.45) is 0 Å². The van der Waals surface area contributed by atoms with Gasteiger partial charge in [0.1, 0.15) is 11.6 Å². The lowest BCUT2D eigenvalue weighted by atomic mass is 10.1. The Morgan fingerprint density at radius 1 is 1.21 bits per heavy atom. The minimum Gasteiger partial charge on any atom is -0.497 e. The highest BCUT2D eigenvalue weighted by Crippen LogP contribution is 2.15. The standard InChI is InChI=1S/C19H19N3O2/c1-24-17-4-2-3-14(13-17)9-10-22-19(23)16-7-5-15(6-8-16)18-20-11-12-21-18/h2-8,11-13H,9-10H2,1H3,(H,20,21)(H,22,23). The number of ether oxygens (including phenoxy) is 1. The Hall–Kier alpha value is -3.08. The number of hydrogen-bond donors (Lipinski definition) is 2. The third kappa shape index (κ3) is 3.81. The molecule has 24 heavy (non-hydrogen) atoms. The number of carbonyl (C=O) groups excluding carboxylic acids is 1. The second-order valence-corrected chi connectivity index (χ2v) is 5.37. The van der Waals surface area contributed by atoms with Gasteiger partial charge in [-0.25, -0.2) is 4.98 Å². The first kappa shape index (κ1) is 15.8. The lowest BCUT2D eigenvalue weighted by Crippen LogP contribution is -2.25. The predicted octanol–water partition coefficient (Wildman–Crippen LogP) is 3.06. The Bertz CT molecular complexity index is 796. The van der Waals surface area contributed by atoms with Crippen LogP contribution in [0.2, 0.25) is 0 Å². The van der Waals surface area contributed by atoms with E-state index < -0.39 is 0 Å². The van der Waals surface area contributed by atoms with Crippen LogP contribution in [0.4, 0.5) is 0 Å². The molecule has 0 spiro atoms. The van der Waals surface area contributed by atoms with Crippen LogP contribution < -0.4 is 10.1 Å². The van der Waals surface area contributed by atoms with Gasteiger partial charge in [-0.15, -0.1) is 0 Å². The quantitative estimate of drug-likeness (QED) is 0.733. The zero-order valence-corrected chi connectivity index (χ0v) is 13.5. The minimum absolute atomic E-state index is 0.0797. The molecule has 122 valence electrons. The van der Waals surface area contributed by atoms with E-state index in [1.165, 1.54) is 0 Å². The Morgan fingerprint density at radius 2 is 2.04 bits per heavy atom. The average molecular weight is 321 g/mol. The van der Waals surface area contributed by atoms with E-state index in [0.29, 0.717) is 12.1 Å². The largest absolute Gasteiger partial charge is 0.497 e. The number of benzene rings is 2. The van der Waals surface area contributed by atoms with Crippen molar-refractivity contribution in [2.45, 2.75) is 6.42 Å². The number of aromatic amines is 1. The van der Waals surface area contributed by atoms with E-state index >= 15 is 0 Å². The van der Waals surface area contributed by atoms with Gasteiger partial charge in [0.05, 0.1) is 7.11 Å². The summed E-state index contributed by atoms with van der Waals surface area (Å²) in [7, 11) is 1.65. The molecule has 0 aliphatic carbocycles. The molecule has 2 N–H and O–H groups in total. The molecule has 0 unspecified atom stereocenters. The van der Waals surface area contributed by atoms with Crippen LogP contribution in [0.5, 0.6) is 5.75 Å². The molecule has 0 atom stereocenters. The molecule has 1 amide bonds. The molecule has 2 aromatic carbocycles. The van der Waals surface area contributed by atoms with E-state index in [4.69, 9.17) is 4.74 Å². The number of aromatic nitrogens is 2. The molecule has 0 bridgehead atoms. The molecule has 0 aliphatic rings. The number of rotatable bonds is 6. The van der Waals surface area contributed by atoms with Crippen molar-refractivity contribution < 1.29 is 9.53 Å². The van der Waals surface area contributed by atoms with Crippen molar-refractivity contribution in [3.05, 3.63) is 72.1 Å². The summed E-state index contributed by atoms with van der Waals surface area (Å²) in [6.07, 6.45) is 4.23. The van der Waals surface area contributed by atoms with Gasteiger partial charge >= 0.3 is 0 Å². The lowest BCUT2D eigenvalue weighted by molar-refractivity contribution is 0.0954. The molecular formula is C19H19N3O2. The van der Waals surface area contributed by atoms with Crippen molar-refractivity contribution in [2.75, 3.05) is 13.7 Å².